The Morgan fingerprint density at radius 2 is 1.68 bits per heavy atom. The molecule has 50 heavy (non-hydrogen) atoms. The number of carbonyl (C=O) groups excluding carboxylic acids is 3. The maximum atomic E-state index is 13.8. The number of nitrogens with one attached hydrogen (secondary N) is 2. The van der Waals surface area contributed by atoms with Gasteiger partial charge in [0, 0.05) is 39.4 Å². The quantitative estimate of drug-likeness (QED) is 0.0753. The summed E-state index contributed by atoms with van der Waals surface area (Å²) in [6.45, 7) is 2.33. The summed E-state index contributed by atoms with van der Waals surface area (Å²) in [5.74, 6) is -2.57. The van der Waals surface area contributed by atoms with E-state index in [-0.39, 0.29) is 34.5 Å². The van der Waals surface area contributed by atoms with Gasteiger partial charge in [0.1, 0.15) is 18.5 Å². The van der Waals surface area contributed by atoms with Gasteiger partial charge in [-0.3, -0.25) is 24.3 Å². The van der Waals surface area contributed by atoms with Crippen molar-refractivity contribution in [2.45, 2.75) is 42.8 Å². The van der Waals surface area contributed by atoms with Gasteiger partial charge in [-0.15, -0.1) is 0 Å². The van der Waals surface area contributed by atoms with Crippen LogP contribution in [0.25, 0.3) is 10.9 Å². The first-order valence-corrected chi connectivity index (χ1v) is 16.1. The predicted molar refractivity (Wildman–Crippen MR) is 184 cm³/mol. The Labute approximate surface area is 300 Å². The number of rotatable bonds is 13. The highest BCUT2D eigenvalue weighted by atomic mass is 35.5. The lowest BCUT2D eigenvalue weighted by Crippen LogP contribution is -2.53. The Kier molecular flexibility index (Phi) is 12.0. The fourth-order valence-corrected chi connectivity index (χ4v) is 5.80. The van der Waals surface area contributed by atoms with Crippen molar-refractivity contribution in [3.8, 4) is 5.75 Å². The molecular formula is C33H31Cl3N4O10. The molecule has 0 radical (unpaired) electrons. The van der Waals surface area contributed by atoms with Crippen LogP contribution in [-0.4, -0.2) is 68.2 Å². The van der Waals surface area contributed by atoms with E-state index in [9.17, 15) is 39.5 Å². The molecule has 0 saturated carbocycles. The van der Waals surface area contributed by atoms with Gasteiger partial charge in [0.25, 0.3) is 17.5 Å². The van der Waals surface area contributed by atoms with Gasteiger partial charge < -0.3 is 30.3 Å². The van der Waals surface area contributed by atoms with Gasteiger partial charge in [0.2, 0.25) is 0 Å². The van der Waals surface area contributed by atoms with Gasteiger partial charge in [-0.2, -0.15) is 0 Å². The number of halogens is 3. The number of nitrogens with zero attached hydrogens (tertiary/aromatic N) is 2. The lowest BCUT2D eigenvalue weighted by molar-refractivity contribution is -0.384. The minimum atomic E-state index is -2.18. The van der Waals surface area contributed by atoms with E-state index in [4.69, 9.17) is 44.3 Å². The number of nitro benzene ring substituents is 1. The number of amides is 2. The number of nitro groups is 1. The molecule has 0 saturated heterocycles. The first kappa shape index (κ1) is 37.9. The number of fused-ring (bicyclic) bond motifs is 1. The van der Waals surface area contributed by atoms with Crippen LogP contribution in [0.5, 0.6) is 5.75 Å². The van der Waals surface area contributed by atoms with Crippen LogP contribution in [0.2, 0.25) is 5.02 Å². The van der Waals surface area contributed by atoms with Gasteiger partial charge in [-0.25, -0.2) is 9.59 Å². The van der Waals surface area contributed by atoms with Crippen LogP contribution in [0.15, 0.2) is 66.7 Å². The van der Waals surface area contributed by atoms with Crippen molar-refractivity contribution in [3.05, 3.63) is 104 Å². The Balaban J connectivity index is 1.72. The third-order valence-corrected chi connectivity index (χ3v) is 8.74. The number of ether oxygens (including phenoxy) is 2. The van der Waals surface area contributed by atoms with Gasteiger partial charge in [0.05, 0.1) is 23.6 Å². The molecule has 4 rings (SSSR count). The van der Waals surface area contributed by atoms with Crippen LogP contribution in [0.1, 0.15) is 46.6 Å². The number of non-ortho nitro benzene ring substituents is 1. The number of aliphatic carboxylic acids is 1. The summed E-state index contributed by atoms with van der Waals surface area (Å²) in [6, 6.07) is 14.2. The molecule has 0 fully saturated rings. The molecule has 0 aliphatic rings. The highest BCUT2D eigenvalue weighted by Gasteiger charge is 2.45. The van der Waals surface area contributed by atoms with E-state index >= 15 is 0 Å². The molecule has 3 aromatic carbocycles. The number of carboxylic acid groups (broad SMARTS) is 1. The predicted octanol–water partition coefficient (Wildman–Crippen LogP) is 5.65. The van der Waals surface area contributed by atoms with Crippen molar-refractivity contribution in [2.24, 2.45) is 0 Å². The average molecular weight is 750 g/mol. The number of benzene rings is 3. The molecule has 4 N–H and O–H groups in total. The first-order valence-electron chi connectivity index (χ1n) is 14.8. The summed E-state index contributed by atoms with van der Waals surface area (Å²) in [7, 11) is 1.42. The van der Waals surface area contributed by atoms with Crippen LogP contribution in [0.3, 0.4) is 0 Å². The SMILES string of the molecule is CCC(NC(=O)OCC(NC(=O)C(Cl)Cl)C(O)c1ccc([N+](=O)[O-])cc1)(C(=O)O)c1c(C)n(C(=O)c2ccc(Cl)cc2)c2ccc(OC)cc12. The second kappa shape index (κ2) is 15.8. The molecule has 0 aliphatic heterocycles. The number of aliphatic hydroxyl groups is 1. The fourth-order valence-electron chi connectivity index (χ4n) is 5.54. The summed E-state index contributed by atoms with van der Waals surface area (Å²) < 4.78 is 12.1. The molecule has 1 heterocycles. The molecule has 0 bridgehead atoms. The molecule has 17 heteroatoms. The summed E-state index contributed by atoms with van der Waals surface area (Å²) in [5, 5.41) is 38.3. The molecule has 3 unspecified atom stereocenters. The number of carbonyl (C=O) groups is 4. The molecule has 1 aromatic heterocycles. The molecule has 2 amide bonds. The summed E-state index contributed by atoms with van der Waals surface area (Å²) in [6.07, 6.45) is -3.07. The maximum absolute atomic E-state index is 13.8. The molecule has 3 atom stereocenters. The van der Waals surface area contributed by atoms with E-state index in [1.54, 1.807) is 30.3 Å². The number of alkyl carbamates (subject to hydrolysis) is 1. The lowest BCUT2D eigenvalue weighted by atomic mass is 9.85. The van der Waals surface area contributed by atoms with E-state index in [0.29, 0.717) is 21.7 Å². The first-order chi connectivity index (χ1) is 23.6. The van der Waals surface area contributed by atoms with E-state index in [2.05, 4.69) is 10.6 Å². The van der Waals surface area contributed by atoms with Crippen molar-refractivity contribution >= 4 is 75.3 Å². The molecular weight excluding hydrogens is 719 g/mol. The molecule has 14 nitrogen and oxygen atoms in total. The number of hydrogen-bond donors (Lipinski definition) is 4. The molecule has 0 aliphatic carbocycles. The molecule has 4 aromatic rings. The van der Waals surface area contributed by atoms with Crippen molar-refractivity contribution in [3.63, 3.8) is 0 Å². The third kappa shape index (κ3) is 7.78. The average Bonchev–Trinajstić information content (AvgIpc) is 3.39. The van der Waals surface area contributed by atoms with Gasteiger partial charge in [0.15, 0.2) is 10.4 Å². The van der Waals surface area contributed by atoms with Crippen LogP contribution < -0.4 is 15.4 Å². The zero-order valence-corrected chi connectivity index (χ0v) is 29.0. The number of carboxylic acids is 1. The Morgan fingerprint density at radius 3 is 2.22 bits per heavy atom. The number of alkyl halides is 2. The molecule has 264 valence electrons. The standard InChI is InChI=1S/C33H31Cl3N4O10/c1-4-33(31(44)45,26-17(2)39(25-14-13-22(49-3)15-23(25)26)30(43)19-5-9-20(34)10-6-19)38-32(46)50-16-24(37-29(42)28(35)36)27(41)18-7-11-21(12-8-18)40(47)48/h5-15,24,27-28,41H,4,16H2,1-3H3,(H,37,42)(H,38,46)(H,44,45). The Hall–Kier alpha value is -4.89. The van der Waals surface area contributed by atoms with E-state index in [1.807, 2.05) is 0 Å². The van der Waals surface area contributed by atoms with Crippen LogP contribution in [0, 0.1) is 17.0 Å². The minimum Gasteiger partial charge on any atom is -0.497 e. The highest BCUT2D eigenvalue weighted by molar-refractivity contribution is 6.53. The van der Waals surface area contributed by atoms with E-state index < -0.39 is 57.9 Å². The minimum absolute atomic E-state index is 0.0727. The Bertz CT molecular complexity index is 1930. The van der Waals surface area contributed by atoms with Crippen molar-refractivity contribution < 1.29 is 43.8 Å². The number of aliphatic hydroxyl groups excluding tert-OH is 1. The Morgan fingerprint density at radius 1 is 1.04 bits per heavy atom. The van der Waals surface area contributed by atoms with Gasteiger partial charge in [-0.05, 0) is 73.5 Å². The monoisotopic (exact) mass is 748 g/mol. The largest absolute Gasteiger partial charge is 0.497 e. The number of hydrogen-bond acceptors (Lipinski definition) is 9. The van der Waals surface area contributed by atoms with Crippen molar-refractivity contribution in [1.29, 1.82) is 0 Å². The molecule has 0 spiro atoms. The summed E-state index contributed by atoms with van der Waals surface area (Å²) in [5.41, 5.74) is -1.45. The van der Waals surface area contributed by atoms with Crippen LogP contribution >= 0.6 is 34.8 Å². The zero-order chi connectivity index (χ0) is 36.9. The normalized spacial score (nSPS) is 13.6. The second-order valence-electron chi connectivity index (χ2n) is 11.0. The number of aromatic nitrogens is 1. The van der Waals surface area contributed by atoms with Crippen molar-refractivity contribution in [1.82, 2.24) is 15.2 Å². The summed E-state index contributed by atoms with van der Waals surface area (Å²) >= 11 is 17.4. The van der Waals surface area contributed by atoms with Gasteiger partial charge in [-0.1, -0.05) is 41.7 Å². The maximum Gasteiger partial charge on any atom is 0.408 e. The van der Waals surface area contributed by atoms with E-state index in [1.165, 1.54) is 49.8 Å². The van der Waals surface area contributed by atoms with Crippen molar-refractivity contribution in [2.75, 3.05) is 13.7 Å². The second-order valence-corrected chi connectivity index (χ2v) is 12.5. The van der Waals surface area contributed by atoms with Crippen LogP contribution in [-0.2, 0) is 19.9 Å². The smallest absolute Gasteiger partial charge is 0.408 e. The lowest BCUT2D eigenvalue weighted by Gasteiger charge is -2.31. The number of methoxy groups -OCH3 is 1. The summed E-state index contributed by atoms with van der Waals surface area (Å²) in [4.78, 5) is 61.7. The third-order valence-electron chi connectivity index (χ3n) is 8.09. The van der Waals surface area contributed by atoms with Crippen LogP contribution in [0.4, 0.5) is 10.5 Å². The fraction of sp³-hybridized carbons (Fsp3) is 0.273. The topological polar surface area (TPSA) is 199 Å². The van der Waals surface area contributed by atoms with E-state index in [0.717, 1.165) is 12.1 Å². The zero-order valence-electron chi connectivity index (χ0n) is 26.7. The highest BCUT2D eigenvalue weighted by Crippen LogP contribution is 2.39. The van der Waals surface area contributed by atoms with Gasteiger partial charge >= 0.3 is 12.1 Å².